The van der Waals surface area contributed by atoms with Crippen LogP contribution in [0.1, 0.15) is 23.1 Å². The molecule has 0 radical (unpaired) electrons. The average molecular weight is 349 g/mol. The van der Waals surface area contributed by atoms with Gasteiger partial charge < -0.3 is 18.8 Å². The first-order valence-corrected chi connectivity index (χ1v) is 8.06. The fourth-order valence-corrected chi connectivity index (χ4v) is 3.11. The topological polar surface area (TPSA) is 83.9 Å². The molecule has 6 nitrogen and oxygen atoms in total. The van der Waals surface area contributed by atoms with Crippen molar-refractivity contribution in [2.45, 2.75) is 12.6 Å². The first-order valence-electron chi connectivity index (χ1n) is 8.06. The van der Waals surface area contributed by atoms with Gasteiger partial charge in [0.1, 0.15) is 23.3 Å². The lowest BCUT2D eigenvalue weighted by atomic mass is 9.99. The minimum absolute atomic E-state index is 0.00251. The molecule has 1 aromatic carbocycles. The molecule has 2 aromatic heterocycles. The smallest absolute Gasteiger partial charge is 0.296 e. The zero-order valence-corrected chi connectivity index (χ0v) is 13.7. The van der Waals surface area contributed by atoms with E-state index in [1.807, 2.05) is 0 Å². The van der Waals surface area contributed by atoms with E-state index >= 15 is 0 Å². The monoisotopic (exact) mass is 349 g/mol. The van der Waals surface area contributed by atoms with Gasteiger partial charge in [-0.3, -0.25) is 9.59 Å². The Morgan fingerprint density at radius 2 is 1.69 bits per heavy atom. The molecule has 1 fully saturated rings. The van der Waals surface area contributed by atoms with Crippen molar-refractivity contribution in [1.29, 1.82) is 0 Å². The lowest BCUT2D eigenvalue weighted by molar-refractivity contribution is -0.140. The molecule has 1 aliphatic heterocycles. The zero-order valence-electron chi connectivity index (χ0n) is 13.7. The highest BCUT2D eigenvalue weighted by molar-refractivity contribution is 6.46. The molecule has 1 N–H and O–H groups in total. The molecule has 4 rings (SSSR count). The summed E-state index contributed by atoms with van der Waals surface area (Å²) in [6.07, 6.45) is 2.96. The summed E-state index contributed by atoms with van der Waals surface area (Å²) in [5, 5.41) is 10.7. The van der Waals surface area contributed by atoms with Gasteiger partial charge in [-0.15, -0.1) is 0 Å². The second-order valence-corrected chi connectivity index (χ2v) is 5.89. The Labute approximate surface area is 149 Å². The molecule has 3 heterocycles. The highest BCUT2D eigenvalue weighted by atomic mass is 16.3. The van der Waals surface area contributed by atoms with Crippen LogP contribution in [0.15, 0.2) is 81.5 Å². The molecule has 1 saturated heterocycles. The van der Waals surface area contributed by atoms with Crippen LogP contribution in [0, 0.1) is 0 Å². The van der Waals surface area contributed by atoms with Crippen molar-refractivity contribution in [2.24, 2.45) is 0 Å². The fraction of sp³-hybridized carbons (Fsp3) is 0.100. The SMILES string of the molecule is O=C1C(=O)N(Cc2ccco2)C(c2ccco2)C1=C(O)c1ccccc1. The van der Waals surface area contributed by atoms with Gasteiger partial charge in [-0.25, -0.2) is 0 Å². The minimum atomic E-state index is -0.824. The number of furan rings is 2. The van der Waals surface area contributed by atoms with Crippen LogP contribution in [-0.4, -0.2) is 21.7 Å². The molecule has 130 valence electrons. The summed E-state index contributed by atoms with van der Waals surface area (Å²) in [6, 6.07) is 14.6. The maximum absolute atomic E-state index is 12.7. The van der Waals surface area contributed by atoms with Gasteiger partial charge in [-0.1, -0.05) is 30.3 Å². The number of carbonyl (C=O) groups is 2. The molecule has 1 atom stereocenters. The summed E-state index contributed by atoms with van der Waals surface area (Å²) >= 11 is 0. The molecule has 0 bridgehead atoms. The van der Waals surface area contributed by atoms with E-state index < -0.39 is 17.7 Å². The number of Topliss-reactive ketones (excluding diaryl/α,β-unsaturated/α-hetero) is 1. The molecule has 1 aliphatic rings. The van der Waals surface area contributed by atoms with Crippen molar-refractivity contribution in [3.63, 3.8) is 0 Å². The van der Waals surface area contributed by atoms with Crippen molar-refractivity contribution >= 4 is 17.4 Å². The van der Waals surface area contributed by atoms with Gasteiger partial charge in [0.05, 0.1) is 24.6 Å². The molecule has 0 aliphatic carbocycles. The third-order valence-electron chi connectivity index (χ3n) is 4.31. The van der Waals surface area contributed by atoms with Crippen LogP contribution in [-0.2, 0) is 16.1 Å². The van der Waals surface area contributed by atoms with Gasteiger partial charge in [-0.2, -0.15) is 0 Å². The Morgan fingerprint density at radius 3 is 2.35 bits per heavy atom. The first kappa shape index (κ1) is 16.0. The number of hydrogen-bond acceptors (Lipinski definition) is 5. The van der Waals surface area contributed by atoms with E-state index in [-0.39, 0.29) is 17.9 Å². The number of rotatable bonds is 4. The van der Waals surface area contributed by atoms with Crippen molar-refractivity contribution in [3.05, 3.63) is 89.8 Å². The van der Waals surface area contributed by atoms with Crippen LogP contribution in [0.5, 0.6) is 0 Å². The molecule has 1 unspecified atom stereocenters. The minimum Gasteiger partial charge on any atom is -0.507 e. The normalized spacial score (nSPS) is 19.2. The van der Waals surface area contributed by atoms with E-state index in [4.69, 9.17) is 8.83 Å². The summed E-state index contributed by atoms with van der Waals surface area (Å²) in [6.45, 7) is 0.0918. The second kappa shape index (κ2) is 6.40. The Morgan fingerprint density at radius 1 is 0.962 bits per heavy atom. The fourth-order valence-electron chi connectivity index (χ4n) is 3.11. The number of likely N-dealkylation sites (tertiary alicyclic amines) is 1. The second-order valence-electron chi connectivity index (χ2n) is 5.89. The van der Waals surface area contributed by atoms with Gasteiger partial charge in [0.2, 0.25) is 0 Å². The van der Waals surface area contributed by atoms with Crippen LogP contribution in [0.4, 0.5) is 0 Å². The third-order valence-corrected chi connectivity index (χ3v) is 4.31. The summed E-state index contributed by atoms with van der Waals surface area (Å²) in [5.41, 5.74) is 0.461. The highest BCUT2D eigenvalue weighted by Crippen LogP contribution is 2.40. The zero-order chi connectivity index (χ0) is 18.1. The number of carbonyl (C=O) groups excluding carboxylic acids is 2. The first-order chi connectivity index (χ1) is 12.7. The Balaban J connectivity index is 1.84. The Hall–Kier alpha value is -3.54. The summed E-state index contributed by atoms with van der Waals surface area (Å²) < 4.78 is 10.8. The molecule has 0 saturated carbocycles. The molecule has 6 heteroatoms. The standard InChI is InChI=1S/C20H15NO5/c22-18(13-6-2-1-3-7-13)16-17(15-9-5-11-26-15)21(20(24)19(16)23)12-14-8-4-10-25-14/h1-11,17,22H,12H2. The Kier molecular flexibility index (Phi) is 3.93. The summed E-state index contributed by atoms with van der Waals surface area (Å²) in [4.78, 5) is 26.7. The van der Waals surface area contributed by atoms with Crippen molar-refractivity contribution < 1.29 is 23.5 Å². The third kappa shape index (κ3) is 2.61. The number of hydrogen-bond donors (Lipinski definition) is 1. The average Bonchev–Trinajstić information content (AvgIpc) is 3.41. The van der Waals surface area contributed by atoms with Crippen molar-refractivity contribution in [2.75, 3.05) is 0 Å². The van der Waals surface area contributed by atoms with Gasteiger partial charge in [-0.05, 0) is 24.3 Å². The molecule has 3 aromatic rings. The number of benzene rings is 1. The Bertz CT molecular complexity index is 955. The summed E-state index contributed by atoms with van der Waals surface area (Å²) in [5.74, 6) is -0.761. The lowest BCUT2D eigenvalue weighted by Gasteiger charge is -2.22. The number of nitrogens with zero attached hydrogens (tertiary/aromatic N) is 1. The van der Waals surface area contributed by atoms with E-state index in [0.717, 1.165) is 0 Å². The molecular formula is C20H15NO5. The number of aliphatic hydroxyl groups excluding tert-OH is 1. The van der Waals surface area contributed by atoms with E-state index in [0.29, 0.717) is 17.1 Å². The van der Waals surface area contributed by atoms with Crippen LogP contribution in [0.2, 0.25) is 0 Å². The van der Waals surface area contributed by atoms with Crippen molar-refractivity contribution in [1.82, 2.24) is 4.90 Å². The predicted molar refractivity (Wildman–Crippen MR) is 91.7 cm³/mol. The predicted octanol–water partition coefficient (Wildman–Crippen LogP) is 3.49. The largest absolute Gasteiger partial charge is 0.507 e. The lowest BCUT2D eigenvalue weighted by Crippen LogP contribution is -2.28. The highest BCUT2D eigenvalue weighted by Gasteiger charge is 2.47. The molecule has 0 spiro atoms. The molecular weight excluding hydrogens is 334 g/mol. The van der Waals surface area contributed by atoms with E-state index in [1.54, 1.807) is 54.6 Å². The van der Waals surface area contributed by atoms with Crippen LogP contribution >= 0.6 is 0 Å². The summed E-state index contributed by atoms with van der Waals surface area (Å²) in [7, 11) is 0. The molecule has 26 heavy (non-hydrogen) atoms. The van der Waals surface area contributed by atoms with Crippen LogP contribution in [0.25, 0.3) is 5.76 Å². The van der Waals surface area contributed by atoms with Crippen molar-refractivity contribution in [3.8, 4) is 0 Å². The van der Waals surface area contributed by atoms with Gasteiger partial charge in [0.25, 0.3) is 11.7 Å². The van der Waals surface area contributed by atoms with Gasteiger partial charge in [0, 0.05) is 5.56 Å². The van der Waals surface area contributed by atoms with Gasteiger partial charge in [0.15, 0.2) is 0 Å². The van der Waals surface area contributed by atoms with E-state index in [1.165, 1.54) is 17.4 Å². The van der Waals surface area contributed by atoms with Crippen LogP contribution < -0.4 is 0 Å². The van der Waals surface area contributed by atoms with E-state index in [9.17, 15) is 14.7 Å². The van der Waals surface area contributed by atoms with Gasteiger partial charge >= 0.3 is 0 Å². The van der Waals surface area contributed by atoms with E-state index in [2.05, 4.69) is 0 Å². The van der Waals surface area contributed by atoms with Crippen LogP contribution in [0.3, 0.4) is 0 Å². The maximum atomic E-state index is 12.7. The molecule has 1 amide bonds. The maximum Gasteiger partial charge on any atom is 0.296 e. The number of ketones is 1. The number of aliphatic hydroxyl groups is 1. The number of amides is 1. The quantitative estimate of drug-likeness (QED) is 0.443.